The Kier molecular flexibility index (Phi) is 3.95. The van der Waals surface area contributed by atoms with Gasteiger partial charge in [-0.3, -0.25) is 0 Å². The molecule has 21 heavy (non-hydrogen) atoms. The van der Waals surface area contributed by atoms with E-state index < -0.39 is 0 Å². The van der Waals surface area contributed by atoms with Gasteiger partial charge in [0.1, 0.15) is 0 Å². The molecule has 0 bridgehead atoms. The van der Waals surface area contributed by atoms with Crippen molar-refractivity contribution in [3.8, 4) is 0 Å². The molecule has 0 saturated heterocycles. The van der Waals surface area contributed by atoms with Crippen LogP contribution in [0.4, 0.5) is 0 Å². The molecule has 0 radical (unpaired) electrons. The summed E-state index contributed by atoms with van der Waals surface area (Å²) in [5.74, 6) is 0.400. The summed E-state index contributed by atoms with van der Waals surface area (Å²) in [6.07, 6.45) is 2.32. The van der Waals surface area contributed by atoms with E-state index >= 15 is 0 Å². The van der Waals surface area contributed by atoms with Crippen LogP contribution in [0.1, 0.15) is 29.5 Å². The molecule has 0 fully saturated rings. The second kappa shape index (κ2) is 5.74. The van der Waals surface area contributed by atoms with E-state index in [1.165, 1.54) is 33.0 Å². The first-order valence-electron chi connectivity index (χ1n) is 7.09. The van der Waals surface area contributed by atoms with Crippen LogP contribution < -0.4 is 0 Å². The van der Waals surface area contributed by atoms with Gasteiger partial charge in [0.05, 0.1) is 0 Å². The molecule has 0 aliphatic heterocycles. The Morgan fingerprint density at radius 3 is 2.29 bits per heavy atom. The number of benzene rings is 3. The molecule has 0 nitrogen and oxygen atoms in total. The van der Waals surface area contributed by atoms with Crippen molar-refractivity contribution >= 4 is 16.8 Å². The molecule has 1 heteroatoms. The smallest absolute Gasteiger partial charge is 0.0311 e. The second-order valence-electron chi connectivity index (χ2n) is 5.52. The Labute approximate surface area is 144 Å². The van der Waals surface area contributed by atoms with Crippen LogP contribution in [-0.4, -0.2) is 0 Å². The van der Waals surface area contributed by atoms with E-state index in [0.29, 0.717) is 5.92 Å². The molecule has 3 aromatic carbocycles. The van der Waals surface area contributed by atoms with E-state index in [1.807, 2.05) is 0 Å². The van der Waals surface area contributed by atoms with Crippen molar-refractivity contribution in [1.82, 2.24) is 0 Å². The third kappa shape index (κ3) is 2.34. The van der Waals surface area contributed by atoms with E-state index in [1.54, 1.807) is 0 Å². The fourth-order valence-electron chi connectivity index (χ4n) is 3.39. The number of hydrogen-bond donors (Lipinski definition) is 0. The molecule has 1 unspecified atom stereocenters. The Morgan fingerprint density at radius 1 is 0.714 bits per heavy atom. The van der Waals surface area contributed by atoms with Gasteiger partial charge in [-0.05, 0) is 34.4 Å². The first-order valence-corrected chi connectivity index (χ1v) is 7.09. The molecule has 1 aliphatic rings. The molecule has 1 atom stereocenters. The molecule has 0 amide bonds. The maximum Gasteiger partial charge on any atom is 0.0311 e. The number of hydrogen-bond acceptors (Lipinski definition) is 0. The topological polar surface area (TPSA) is 0 Å². The van der Waals surface area contributed by atoms with Crippen LogP contribution in [0.15, 0.2) is 72.3 Å². The monoisotopic (exact) mass is 346 g/mol. The maximum atomic E-state index is 2.32. The normalized spacial score (nSPS) is 16.2. The summed E-state index contributed by atoms with van der Waals surface area (Å²) in [6, 6.07) is 24.0. The summed E-state index contributed by atoms with van der Waals surface area (Å²) in [5.41, 5.74) is 5.65. The summed E-state index contributed by atoms with van der Waals surface area (Å²) in [5, 5.41) is 2.69. The van der Waals surface area contributed by atoms with Gasteiger partial charge in [0.15, 0.2) is 0 Å². The number of rotatable bonds is 1. The van der Waals surface area contributed by atoms with Gasteiger partial charge >= 0.3 is 0 Å². The summed E-state index contributed by atoms with van der Waals surface area (Å²) >= 11 is 0. The van der Waals surface area contributed by atoms with Crippen molar-refractivity contribution in [3.05, 3.63) is 89.0 Å². The molecular weight excluding hydrogens is 331 g/mol. The number of fused-ring (bicyclic) bond motifs is 2. The minimum absolute atomic E-state index is 0. The average molecular weight is 348 g/mol. The summed E-state index contributed by atoms with van der Waals surface area (Å²) < 4.78 is 0. The van der Waals surface area contributed by atoms with E-state index in [2.05, 4.69) is 79.7 Å². The standard InChI is InChI=1S/C20H16.Zr/c1-14-13-16-8-3-5-11-18(16)20(14)19-12-6-9-15-7-2-4-10-17(15)19;/h2-13,20H,1H3;. The van der Waals surface area contributed by atoms with Gasteiger partial charge in [-0.1, -0.05) is 78.4 Å². The van der Waals surface area contributed by atoms with E-state index in [0.717, 1.165) is 0 Å². The zero-order chi connectivity index (χ0) is 13.5. The van der Waals surface area contributed by atoms with Crippen molar-refractivity contribution in [1.29, 1.82) is 0 Å². The Morgan fingerprint density at radius 2 is 1.38 bits per heavy atom. The predicted octanol–water partition coefficient (Wildman–Crippen LogP) is 5.39. The van der Waals surface area contributed by atoms with Crippen LogP contribution in [0.25, 0.3) is 16.8 Å². The molecule has 1 aliphatic carbocycles. The Hall–Kier alpha value is -1.46. The summed E-state index contributed by atoms with van der Waals surface area (Å²) in [4.78, 5) is 0. The molecule has 0 saturated carbocycles. The van der Waals surface area contributed by atoms with Gasteiger partial charge in [0, 0.05) is 32.1 Å². The van der Waals surface area contributed by atoms with Gasteiger partial charge in [-0.15, -0.1) is 0 Å². The van der Waals surface area contributed by atoms with Crippen LogP contribution in [0.5, 0.6) is 0 Å². The quantitative estimate of drug-likeness (QED) is 0.554. The van der Waals surface area contributed by atoms with Crippen LogP contribution in [0.3, 0.4) is 0 Å². The molecule has 0 heterocycles. The van der Waals surface area contributed by atoms with Gasteiger partial charge in [0.2, 0.25) is 0 Å². The van der Waals surface area contributed by atoms with Crippen LogP contribution >= 0.6 is 0 Å². The Bertz CT molecular complexity index is 825. The van der Waals surface area contributed by atoms with Gasteiger partial charge in [-0.2, -0.15) is 0 Å². The van der Waals surface area contributed by atoms with Crippen LogP contribution in [-0.2, 0) is 26.2 Å². The largest absolute Gasteiger partial charge is 0.0619 e. The molecule has 4 rings (SSSR count). The van der Waals surface area contributed by atoms with Crippen molar-refractivity contribution in [3.63, 3.8) is 0 Å². The molecule has 100 valence electrons. The summed E-state index contributed by atoms with van der Waals surface area (Å²) in [7, 11) is 0. The maximum absolute atomic E-state index is 2.32. The zero-order valence-electron chi connectivity index (χ0n) is 12.0. The molecule has 0 aromatic heterocycles. The molecule has 3 aromatic rings. The van der Waals surface area contributed by atoms with E-state index in [4.69, 9.17) is 0 Å². The Balaban J connectivity index is 0.00000132. The van der Waals surface area contributed by atoms with E-state index in [-0.39, 0.29) is 26.2 Å². The van der Waals surface area contributed by atoms with E-state index in [9.17, 15) is 0 Å². The van der Waals surface area contributed by atoms with Gasteiger partial charge in [0.25, 0.3) is 0 Å². The van der Waals surface area contributed by atoms with Crippen molar-refractivity contribution < 1.29 is 26.2 Å². The molecular formula is C20H16Zr. The second-order valence-corrected chi connectivity index (χ2v) is 5.52. The first kappa shape index (κ1) is 14.5. The third-order valence-corrected chi connectivity index (χ3v) is 4.28. The zero-order valence-corrected chi connectivity index (χ0v) is 14.5. The van der Waals surface area contributed by atoms with Crippen molar-refractivity contribution in [2.45, 2.75) is 12.8 Å². The fourth-order valence-corrected chi connectivity index (χ4v) is 3.39. The fraction of sp³-hybridized carbons (Fsp3) is 0.100. The first-order chi connectivity index (χ1) is 9.84. The van der Waals surface area contributed by atoms with Crippen LogP contribution in [0.2, 0.25) is 0 Å². The van der Waals surface area contributed by atoms with Crippen molar-refractivity contribution in [2.75, 3.05) is 0 Å². The molecule has 0 spiro atoms. The molecule has 0 N–H and O–H groups in total. The average Bonchev–Trinajstić information content (AvgIpc) is 2.82. The third-order valence-electron chi connectivity index (χ3n) is 4.28. The minimum atomic E-state index is 0. The number of allylic oxidation sites excluding steroid dienone is 1. The minimum Gasteiger partial charge on any atom is -0.0619 e. The van der Waals surface area contributed by atoms with Crippen LogP contribution in [0, 0.1) is 0 Å². The SMILES string of the molecule is CC1=Cc2ccccc2C1c1cccc2ccccc12.[Zr]. The van der Waals surface area contributed by atoms with Gasteiger partial charge < -0.3 is 0 Å². The summed E-state index contributed by atoms with van der Waals surface area (Å²) in [6.45, 7) is 2.24. The van der Waals surface area contributed by atoms with Gasteiger partial charge in [-0.25, -0.2) is 0 Å². The predicted molar refractivity (Wildman–Crippen MR) is 85.9 cm³/mol. The van der Waals surface area contributed by atoms with Crippen molar-refractivity contribution in [2.24, 2.45) is 0 Å².